The fourth-order valence-electron chi connectivity index (χ4n) is 3.63. The summed E-state index contributed by atoms with van der Waals surface area (Å²) < 4.78 is 1.71. The molecule has 0 atom stereocenters. The summed E-state index contributed by atoms with van der Waals surface area (Å²) in [5, 5.41) is 18.1. The van der Waals surface area contributed by atoms with Gasteiger partial charge in [0.25, 0.3) is 5.91 Å². The Kier molecular flexibility index (Phi) is 5.59. The molecular formula is C22H24N6OS. The molecule has 0 aliphatic carbocycles. The van der Waals surface area contributed by atoms with Gasteiger partial charge in [0, 0.05) is 18.5 Å². The molecule has 30 heavy (non-hydrogen) atoms. The second-order valence-corrected chi connectivity index (χ2v) is 8.25. The predicted molar refractivity (Wildman–Crippen MR) is 120 cm³/mol. The zero-order chi connectivity index (χ0) is 21.3. The van der Waals surface area contributed by atoms with Crippen molar-refractivity contribution in [2.45, 2.75) is 39.5 Å². The second kappa shape index (κ2) is 8.31. The van der Waals surface area contributed by atoms with E-state index in [1.54, 1.807) is 4.68 Å². The van der Waals surface area contributed by atoms with Gasteiger partial charge in [-0.05, 0) is 25.8 Å². The zero-order valence-corrected chi connectivity index (χ0v) is 18.3. The summed E-state index contributed by atoms with van der Waals surface area (Å²) in [7, 11) is 1.84. The minimum atomic E-state index is -0.233. The molecule has 4 aromatic rings. The molecule has 4 rings (SSSR count). The number of benzene rings is 1. The van der Waals surface area contributed by atoms with Gasteiger partial charge < -0.3 is 0 Å². The number of carbonyl (C=O) groups is 1. The smallest absolute Gasteiger partial charge is 0.258 e. The van der Waals surface area contributed by atoms with Gasteiger partial charge in [0.1, 0.15) is 5.01 Å². The van der Waals surface area contributed by atoms with E-state index in [4.69, 9.17) is 4.98 Å². The predicted octanol–water partition coefficient (Wildman–Crippen LogP) is 4.95. The standard InChI is InChI=1S/C22H24N6OS/c1-5-14(6-2)21-25-26-22(30-21)24-20(29)16-12-17(15-10-8-7-9-11-15)23-19-18(16)13(3)27-28(19)4/h7-12,14H,5-6H2,1-4H3,(H,24,26,29). The van der Waals surface area contributed by atoms with E-state index < -0.39 is 0 Å². The maximum absolute atomic E-state index is 13.3. The third-order valence-corrected chi connectivity index (χ3v) is 6.28. The van der Waals surface area contributed by atoms with Crippen LogP contribution < -0.4 is 5.32 Å². The van der Waals surface area contributed by atoms with Gasteiger partial charge in [0.05, 0.1) is 22.3 Å². The minimum absolute atomic E-state index is 0.233. The summed E-state index contributed by atoms with van der Waals surface area (Å²) in [6, 6.07) is 11.6. The fraction of sp³-hybridized carbons (Fsp3) is 0.318. The van der Waals surface area contributed by atoms with E-state index >= 15 is 0 Å². The van der Waals surface area contributed by atoms with Crippen LogP contribution in [-0.4, -0.2) is 30.9 Å². The fourth-order valence-corrected chi connectivity index (χ4v) is 4.64. The number of carbonyl (C=O) groups excluding carboxylic acids is 1. The maximum atomic E-state index is 13.3. The Bertz CT molecular complexity index is 1190. The number of amides is 1. The number of aromatic nitrogens is 5. The van der Waals surface area contributed by atoms with Gasteiger partial charge in [0.2, 0.25) is 5.13 Å². The maximum Gasteiger partial charge on any atom is 0.258 e. The topological polar surface area (TPSA) is 85.6 Å². The van der Waals surface area contributed by atoms with E-state index in [-0.39, 0.29) is 5.91 Å². The molecule has 8 heteroatoms. The molecule has 0 bridgehead atoms. The van der Waals surface area contributed by atoms with Crippen LogP contribution in [0.1, 0.15) is 53.7 Å². The van der Waals surface area contributed by atoms with E-state index in [0.29, 0.717) is 22.3 Å². The normalized spacial score (nSPS) is 11.4. The number of aryl methyl sites for hydroxylation is 2. The average molecular weight is 421 g/mol. The van der Waals surface area contributed by atoms with Gasteiger partial charge in [-0.25, -0.2) is 4.98 Å². The summed E-state index contributed by atoms with van der Waals surface area (Å²) in [6.45, 7) is 6.16. The van der Waals surface area contributed by atoms with Crippen LogP contribution in [0.25, 0.3) is 22.3 Å². The molecule has 0 unspecified atom stereocenters. The van der Waals surface area contributed by atoms with Crippen molar-refractivity contribution in [1.82, 2.24) is 25.0 Å². The quantitative estimate of drug-likeness (QED) is 0.477. The van der Waals surface area contributed by atoms with E-state index in [0.717, 1.165) is 40.2 Å². The molecule has 0 fully saturated rings. The first-order valence-electron chi connectivity index (χ1n) is 10.1. The Hall–Kier alpha value is -3.13. The average Bonchev–Trinajstić information content (AvgIpc) is 3.33. The van der Waals surface area contributed by atoms with Crippen molar-refractivity contribution in [3.8, 4) is 11.3 Å². The van der Waals surface area contributed by atoms with Gasteiger partial charge in [0.15, 0.2) is 5.65 Å². The molecule has 0 aliphatic rings. The Morgan fingerprint density at radius 2 is 1.90 bits per heavy atom. The zero-order valence-electron chi connectivity index (χ0n) is 17.5. The SMILES string of the molecule is CCC(CC)c1nnc(NC(=O)c2cc(-c3ccccc3)nc3c2c(C)nn3C)s1. The Labute approximate surface area is 179 Å². The number of nitrogens with one attached hydrogen (secondary N) is 1. The van der Waals surface area contributed by atoms with Crippen molar-refractivity contribution < 1.29 is 4.79 Å². The van der Waals surface area contributed by atoms with Gasteiger partial charge in [-0.15, -0.1) is 10.2 Å². The number of pyridine rings is 1. The first-order chi connectivity index (χ1) is 14.5. The highest BCUT2D eigenvalue weighted by atomic mass is 32.1. The van der Waals surface area contributed by atoms with Crippen LogP contribution >= 0.6 is 11.3 Å². The first-order valence-corrected chi connectivity index (χ1v) is 10.9. The van der Waals surface area contributed by atoms with E-state index in [1.165, 1.54) is 11.3 Å². The van der Waals surface area contributed by atoms with Crippen molar-refractivity contribution in [3.05, 3.63) is 52.7 Å². The van der Waals surface area contributed by atoms with Crippen LogP contribution in [0.2, 0.25) is 0 Å². The highest BCUT2D eigenvalue weighted by Crippen LogP contribution is 2.30. The van der Waals surface area contributed by atoms with Crippen molar-refractivity contribution >= 4 is 33.4 Å². The van der Waals surface area contributed by atoms with Crippen LogP contribution in [0.4, 0.5) is 5.13 Å². The highest BCUT2D eigenvalue weighted by molar-refractivity contribution is 7.15. The lowest BCUT2D eigenvalue weighted by atomic mass is 10.1. The van der Waals surface area contributed by atoms with E-state index in [1.807, 2.05) is 50.4 Å². The number of fused-ring (bicyclic) bond motifs is 1. The van der Waals surface area contributed by atoms with Gasteiger partial charge in [-0.1, -0.05) is 55.5 Å². The van der Waals surface area contributed by atoms with Crippen LogP contribution in [0, 0.1) is 6.92 Å². The number of nitrogens with zero attached hydrogens (tertiary/aromatic N) is 5. The Morgan fingerprint density at radius 1 is 1.17 bits per heavy atom. The molecule has 0 saturated heterocycles. The number of rotatable bonds is 6. The molecule has 3 aromatic heterocycles. The van der Waals surface area contributed by atoms with Crippen molar-refractivity contribution in [1.29, 1.82) is 0 Å². The lowest BCUT2D eigenvalue weighted by molar-refractivity contribution is 0.102. The van der Waals surface area contributed by atoms with E-state index in [2.05, 4.69) is 34.5 Å². The highest BCUT2D eigenvalue weighted by Gasteiger charge is 2.21. The van der Waals surface area contributed by atoms with Crippen LogP contribution in [0.5, 0.6) is 0 Å². The lowest BCUT2D eigenvalue weighted by Crippen LogP contribution is -2.13. The van der Waals surface area contributed by atoms with Gasteiger partial charge in [-0.2, -0.15) is 5.10 Å². The largest absolute Gasteiger partial charge is 0.296 e. The number of hydrogen-bond donors (Lipinski definition) is 1. The summed E-state index contributed by atoms with van der Waals surface area (Å²) in [5.41, 5.74) is 3.64. The summed E-state index contributed by atoms with van der Waals surface area (Å²) in [4.78, 5) is 18.0. The number of hydrogen-bond acceptors (Lipinski definition) is 6. The van der Waals surface area contributed by atoms with Gasteiger partial charge in [-0.3, -0.25) is 14.8 Å². The van der Waals surface area contributed by atoms with Crippen molar-refractivity contribution in [3.63, 3.8) is 0 Å². The summed E-state index contributed by atoms with van der Waals surface area (Å²) in [5.74, 6) is 0.133. The Balaban J connectivity index is 1.75. The van der Waals surface area contributed by atoms with Crippen LogP contribution in [0.3, 0.4) is 0 Å². The van der Waals surface area contributed by atoms with Crippen molar-refractivity contribution in [2.24, 2.45) is 7.05 Å². The molecule has 0 spiro atoms. The summed E-state index contributed by atoms with van der Waals surface area (Å²) >= 11 is 1.44. The van der Waals surface area contributed by atoms with Crippen LogP contribution in [-0.2, 0) is 7.05 Å². The number of anilines is 1. The van der Waals surface area contributed by atoms with Gasteiger partial charge >= 0.3 is 0 Å². The second-order valence-electron chi connectivity index (χ2n) is 7.24. The van der Waals surface area contributed by atoms with E-state index in [9.17, 15) is 4.79 Å². The molecule has 0 saturated carbocycles. The molecule has 0 aliphatic heterocycles. The van der Waals surface area contributed by atoms with Crippen LogP contribution in [0.15, 0.2) is 36.4 Å². The monoisotopic (exact) mass is 420 g/mol. The first kappa shape index (κ1) is 20.2. The molecule has 1 N–H and O–H groups in total. The summed E-state index contributed by atoms with van der Waals surface area (Å²) in [6.07, 6.45) is 2.00. The molecule has 0 radical (unpaired) electrons. The minimum Gasteiger partial charge on any atom is -0.296 e. The molecule has 1 amide bonds. The third kappa shape index (κ3) is 3.70. The van der Waals surface area contributed by atoms with Crippen molar-refractivity contribution in [2.75, 3.05) is 5.32 Å². The lowest BCUT2D eigenvalue weighted by Gasteiger charge is -2.08. The molecule has 3 heterocycles. The Morgan fingerprint density at radius 3 is 2.60 bits per heavy atom. The molecular weight excluding hydrogens is 396 g/mol. The molecule has 7 nitrogen and oxygen atoms in total. The third-order valence-electron chi connectivity index (χ3n) is 5.28. The molecule has 1 aromatic carbocycles. The molecule has 154 valence electrons.